The molecule has 1 aromatic rings. The molecule has 1 aliphatic rings. The average molecular weight is 239 g/mol. The molecular formula is C11H11BrO. The molecule has 0 aliphatic heterocycles. The monoisotopic (exact) mass is 238 g/mol. The first-order valence-electron chi connectivity index (χ1n) is 4.30. The number of aliphatic hydroxyl groups is 1. The van der Waals surface area contributed by atoms with Gasteiger partial charge in [0.05, 0.1) is 0 Å². The third-order valence-corrected chi connectivity index (χ3v) is 2.92. The van der Waals surface area contributed by atoms with Crippen LogP contribution in [0.2, 0.25) is 0 Å². The topological polar surface area (TPSA) is 20.2 Å². The van der Waals surface area contributed by atoms with E-state index in [1.807, 2.05) is 24.3 Å². The lowest BCUT2D eigenvalue weighted by molar-refractivity contribution is 0.220. The Kier molecular flexibility index (Phi) is 2.26. The fourth-order valence-electron chi connectivity index (χ4n) is 1.42. The highest BCUT2D eigenvalue weighted by atomic mass is 79.9. The molecule has 0 fully saturated rings. The fourth-order valence-corrected chi connectivity index (χ4v) is 1.68. The van der Waals surface area contributed by atoms with Crippen molar-refractivity contribution in [2.75, 3.05) is 0 Å². The first-order valence-corrected chi connectivity index (χ1v) is 5.10. The molecule has 1 aliphatic carbocycles. The second kappa shape index (κ2) is 3.28. The SMILES string of the molecule is CC1=C([C@@H](O)c2ccc(Br)cc2)C1. The van der Waals surface area contributed by atoms with Crippen LogP contribution >= 0.6 is 15.9 Å². The molecule has 2 rings (SSSR count). The van der Waals surface area contributed by atoms with E-state index in [1.165, 1.54) is 11.1 Å². The van der Waals surface area contributed by atoms with Crippen molar-refractivity contribution in [1.82, 2.24) is 0 Å². The van der Waals surface area contributed by atoms with Gasteiger partial charge in [0.2, 0.25) is 0 Å². The molecule has 1 N–H and O–H groups in total. The molecule has 0 heterocycles. The van der Waals surface area contributed by atoms with Crippen molar-refractivity contribution in [1.29, 1.82) is 0 Å². The molecular weight excluding hydrogens is 228 g/mol. The summed E-state index contributed by atoms with van der Waals surface area (Å²) in [5.74, 6) is 0. The van der Waals surface area contributed by atoms with Crippen LogP contribution in [0.15, 0.2) is 39.9 Å². The number of benzene rings is 1. The number of hydrogen-bond acceptors (Lipinski definition) is 1. The Morgan fingerprint density at radius 1 is 1.31 bits per heavy atom. The van der Waals surface area contributed by atoms with Gasteiger partial charge in [-0.2, -0.15) is 0 Å². The lowest BCUT2D eigenvalue weighted by Crippen LogP contribution is -1.93. The van der Waals surface area contributed by atoms with Crippen molar-refractivity contribution in [2.45, 2.75) is 19.4 Å². The molecule has 68 valence electrons. The molecule has 0 spiro atoms. The zero-order valence-electron chi connectivity index (χ0n) is 7.42. The number of hydrogen-bond donors (Lipinski definition) is 1. The molecule has 0 aromatic heterocycles. The summed E-state index contributed by atoms with van der Waals surface area (Å²) in [4.78, 5) is 0. The summed E-state index contributed by atoms with van der Waals surface area (Å²) in [6.07, 6.45) is 0.616. The predicted octanol–water partition coefficient (Wildman–Crippen LogP) is 3.20. The molecule has 0 saturated heterocycles. The molecule has 0 amide bonds. The van der Waals surface area contributed by atoms with Gasteiger partial charge < -0.3 is 5.11 Å². The average Bonchev–Trinajstić information content (AvgIpc) is 2.83. The van der Waals surface area contributed by atoms with Gasteiger partial charge >= 0.3 is 0 Å². The Bertz CT molecular complexity index is 351. The minimum atomic E-state index is -0.381. The lowest BCUT2D eigenvalue weighted by atomic mass is 10.1. The maximum atomic E-state index is 9.85. The highest BCUT2D eigenvalue weighted by Crippen LogP contribution is 2.40. The maximum absolute atomic E-state index is 9.85. The van der Waals surface area contributed by atoms with Crippen LogP contribution in [0.3, 0.4) is 0 Å². The highest BCUT2D eigenvalue weighted by Gasteiger charge is 2.25. The van der Waals surface area contributed by atoms with E-state index < -0.39 is 0 Å². The van der Waals surface area contributed by atoms with E-state index in [1.54, 1.807) is 0 Å². The van der Waals surface area contributed by atoms with Crippen molar-refractivity contribution in [3.8, 4) is 0 Å². The van der Waals surface area contributed by atoms with Crippen LogP contribution in [0.25, 0.3) is 0 Å². The molecule has 1 nitrogen and oxygen atoms in total. The van der Waals surface area contributed by atoms with E-state index in [2.05, 4.69) is 22.9 Å². The molecule has 2 heteroatoms. The van der Waals surface area contributed by atoms with Crippen molar-refractivity contribution in [3.05, 3.63) is 45.4 Å². The Morgan fingerprint density at radius 2 is 1.85 bits per heavy atom. The number of aliphatic hydroxyl groups excluding tert-OH is 1. The van der Waals surface area contributed by atoms with Crippen LogP contribution in [-0.4, -0.2) is 5.11 Å². The summed E-state index contributed by atoms with van der Waals surface area (Å²) in [5, 5.41) is 9.85. The van der Waals surface area contributed by atoms with Gasteiger partial charge in [-0.25, -0.2) is 0 Å². The van der Waals surface area contributed by atoms with E-state index in [-0.39, 0.29) is 6.10 Å². The van der Waals surface area contributed by atoms with Crippen LogP contribution in [0.4, 0.5) is 0 Å². The standard InChI is InChI=1S/C11H11BrO/c1-7-6-10(7)11(13)8-2-4-9(12)5-3-8/h2-5,11,13H,6H2,1H3/t11-/m0/s1. The van der Waals surface area contributed by atoms with Gasteiger partial charge in [0, 0.05) is 4.47 Å². The van der Waals surface area contributed by atoms with Crippen molar-refractivity contribution < 1.29 is 5.11 Å². The number of rotatable bonds is 2. The van der Waals surface area contributed by atoms with Crippen molar-refractivity contribution in [2.24, 2.45) is 0 Å². The van der Waals surface area contributed by atoms with E-state index in [9.17, 15) is 5.11 Å². The normalized spacial score (nSPS) is 17.5. The van der Waals surface area contributed by atoms with Crippen LogP contribution < -0.4 is 0 Å². The first kappa shape index (κ1) is 8.97. The minimum Gasteiger partial charge on any atom is -0.384 e. The van der Waals surface area contributed by atoms with Gasteiger partial charge in [-0.1, -0.05) is 33.6 Å². The summed E-state index contributed by atoms with van der Waals surface area (Å²) < 4.78 is 1.05. The van der Waals surface area contributed by atoms with Gasteiger partial charge in [0.1, 0.15) is 6.10 Å². The molecule has 1 atom stereocenters. The zero-order valence-corrected chi connectivity index (χ0v) is 9.01. The van der Waals surface area contributed by atoms with Crippen LogP contribution in [0.5, 0.6) is 0 Å². The zero-order chi connectivity index (χ0) is 9.42. The summed E-state index contributed by atoms with van der Waals surface area (Å²) in [6, 6.07) is 7.81. The van der Waals surface area contributed by atoms with Gasteiger partial charge in [0.25, 0.3) is 0 Å². The number of allylic oxidation sites excluding steroid dienone is 1. The summed E-state index contributed by atoms with van der Waals surface area (Å²) in [7, 11) is 0. The van der Waals surface area contributed by atoms with Gasteiger partial charge in [0.15, 0.2) is 0 Å². The Labute approximate surface area is 86.2 Å². The lowest BCUT2D eigenvalue weighted by Gasteiger charge is -2.06. The van der Waals surface area contributed by atoms with Crippen LogP contribution in [0, 0.1) is 0 Å². The van der Waals surface area contributed by atoms with Crippen molar-refractivity contribution >= 4 is 15.9 Å². The molecule has 0 bridgehead atoms. The smallest absolute Gasteiger partial charge is 0.101 e. The Balaban J connectivity index is 2.21. The quantitative estimate of drug-likeness (QED) is 0.785. The Hall–Kier alpha value is -0.600. The van der Waals surface area contributed by atoms with Gasteiger partial charge in [-0.15, -0.1) is 0 Å². The van der Waals surface area contributed by atoms with E-state index >= 15 is 0 Å². The van der Waals surface area contributed by atoms with E-state index in [0.29, 0.717) is 0 Å². The first-order chi connectivity index (χ1) is 6.18. The molecule has 0 unspecified atom stereocenters. The van der Waals surface area contributed by atoms with E-state index in [4.69, 9.17) is 0 Å². The van der Waals surface area contributed by atoms with Crippen molar-refractivity contribution in [3.63, 3.8) is 0 Å². The summed E-state index contributed by atoms with van der Waals surface area (Å²) in [5.41, 5.74) is 3.49. The summed E-state index contributed by atoms with van der Waals surface area (Å²) >= 11 is 3.37. The molecule has 1 aromatic carbocycles. The summed E-state index contributed by atoms with van der Waals surface area (Å²) in [6.45, 7) is 2.07. The molecule has 13 heavy (non-hydrogen) atoms. The van der Waals surface area contributed by atoms with Gasteiger partial charge in [-0.05, 0) is 36.6 Å². The molecule has 0 radical (unpaired) electrons. The third kappa shape index (κ3) is 1.84. The predicted molar refractivity (Wildman–Crippen MR) is 56.4 cm³/mol. The largest absolute Gasteiger partial charge is 0.384 e. The number of halogens is 1. The van der Waals surface area contributed by atoms with Crippen LogP contribution in [0.1, 0.15) is 25.0 Å². The maximum Gasteiger partial charge on any atom is 0.101 e. The second-order valence-corrected chi connectivity index (χ2v) is 4.35. The third-order valence-electron chi connectivity index (χ3n) is 2.39. The van der Waals surface area contributed by atoms with Gasteiger partial charge in [-0.3, -0.25) is 0 Å². The highest BCUT2D eigenvalue weighted by molar-refractivity contribution is 9.10. The van der Waals surface area contributed by atoms with Crippen LogP contribution in [-0.2, 0) is 0 Å². The second-order valence-electron chi connectivity index (χ2n) is 3.44. The minimum absolute atomic E-state index is 0.381. The van der Waals surface area contributed by atoms with E-state index in [0.717, 1.165) is 16.5 Å². The fraction of sp³-hybridized carbons (Fsp3) is 0.273. The molecule has 0 saturated carbocycles. The Morgan fingerprint density at radius 3 is 2.31 bits per heavy atom.